The van der Waals surface area contributed by atoms with E-state index in [1.54, 1.807) is 43.3 Å². The number of hydrogen-bond acceptors (Lipinski definition) is 8. The van der Waals surface area contributed by atoms with Crippen LogP contribution in [-0.4, -0.2) is 42.5 Å². The predicted octanol–water partition coefficient (Wildman–Crippen LogP) is 5.49. The lowest BCUT2D eigenvalue weighted by Crippen LogP contribution is -2.41. The van der Waals surface area contributed by atoms with Crippen molar-refractivity contribution in [3.63, 3.8) is 0 Å². The molecule has 1 saturated heterocycles. The minimum absolute atomic E-state index is 0.0764. The van der Waals surface area contributed by atoms with Crippen LogP contribution in [0.5, 0.6) is 5.88 Å². The van der Waals surface area contributed by atoms with Crippen molar-refractivity contribution in [3.8, 4) is 11.9 Å². The Hall–Kier alpha value is -3.49. The molecule has 4 rings (SSSR count). The van der Waals surface area contributed by atoms with Crippen LogP contribution in [0.15, 0.2) is 48.5 Å². The van der Waals surface area contributed by atoms with E-state index in [0.29, 0.717) is 28.6 Å². The first-order valence-electron chi connectivity index (χ1n) is 14.1. The van der Waals surface area contributed by atoms with Crippen LogP contribution in [0.4, 0.5) is 4.39 Å². The number of carbonyl (C=O) groups is 1. The maximum absolute atomic E-state index is 15.4. The topological polar surface area (TPSA) is 99.9 Å². The molecular formula is C32H35BClFN2O6. The van der Waals surface area contributed by atoms with Gasteiger partial charge in [-0.15, -0.1) is 0 Å². The van der Waals surface area contributed by atoms with Crippen LogP contribution in [0.3, 0.4) is 0 Å². The minimum atomic E-state index is -0.897. The van der Waals surface area contributed by atoms with Crippen molar-refractivity contribution in [2.45, 2.75) is 71.9 Å². The normalized spacial score (nSPS) is 15.3. The molecule has 2 heterocycles. The number of rotatable bonds is 12. The summed E-state index contributed by atoms with van der Waals surface area (Å²) >= 11 is 5.96. The zero-order chi connectivity index (χ0) is 31.2. The number of ether oxygens (including phenoxy) is 3. The van der Waals surface area contributed by atoms with Crippen LogP contribution < -0.4 is 10.2 Å². The number of pyridine rings is 1. The Morgan fingerprint density at radius 1 is 1.02 bits per heavy atom. The smallest absolute Gasteiger partial charge is 0.473 e. The van der Waals surface area contributed by atoms with Crippen LogP contribution in [0.2, 0.25) is 5.15 Å². The molecule has 226 valence electrons. The van der Waals surface area contributed by atoms with E-state index in [2.05, 4.69) is 11.1 Å². The van der Waals surface area contributed by atoms with Gasteiger partial charge in [-0.25, -0.2) is 9.37 Å². The van der Waals surface area contributed by atoms with Crippen molar-refractivity contribution in [2.24, 2.45) is 0 Å². The first-order chi connectivity index (χ1) is 20.4. The predicted molar refractivity (Wildman–Crippen MR) is 161 cm³/mol. The molecule has 0 aliphatic carbocycles. The molecule has 43 heavy (non-hydrogen) atoms. The summed E-state index contributed by atoms with van der Waals surface area (Å²) in [7, 11) is -0.897. The number of hydrogen-bond donors (Lipinski definition) is 0. The number of benzene rings is 2. The summed E-state index contributed by atoms with van der Waals surface area (Å²) in [5, 5.41) is 9.74. The molecule has 3 aromatic rings. The first kappa shape index (κ1) is 32.4. The van der Waals surface area contributed by atoms with Gasteiger partial charge in [-0.3, -0.25) is 4.79 Å². The van der Waals surface area contributed by atoms with Gasteiger partial charge in [0.15, 0.2) is 0 Å². The molecule has 0 bridgehead atoms. The number of halogens is 2. The van der Waals surface area contributed by atoms with Crippen molar-refractivity contribution in [3.05, 3.63) is 87.3 Å². The quantitative estimate of drug-likeness (QED) is 0.115. The third-order valence-electron chi connectivity index (χ3n) is 7.64. The van der Waals surface area contributed by atoms with E-state index in [1.165, 1.54) is 6.07 Å². The summed E-state index contributed by atoms with van der Waals surface area (Å²) in [4.78, 5) is 16.4. The Balaban J connectivity index is 1.49. The van der Waals surface area contributed by atoms with Crippen LogP contribution in [0, 0.1) is 17.1 Å². The van der Waals surface area contributed by atoms with Gasteiger partial charge in [-0.2, -0.15) is 5.26 Å². The summed E-state index contributed by atoms with van der Waals surface area (Å²) in [6.07, 6.45) is 0.310. The molecule has 11 heteroatoms. The number of carbonyl (C=O) groups excluding carboxylic acids is 1. The molecule has 0 unspecified atom stereocenters. The van der Waals surface area contributed by atoms with E-state index in [0.717, 1.165) is 16.7 Å². The van der Waals surface area contributed by atoms with Crippen molar-refractivity contribution in [1.82, 2.24) is 4.98 Å². The number of aromatic nitrogens is 1. The molecule has 0 amide bonds. The summed E-state index contributed by atoms with van der Waals surface area (Å²) < 4.78 is 44.5. The maximum atomic E-state index is 15.4. The van der Waals surface area contributed by atoms with Gasteiger partial charge in [-0.05, 0) is 87.6 Å². The highest BCUT2D eigenvalue weighted by molar-refractivity contribution is 6.62. The average Bonchev–Trinajstić information content (AvgIpc) is 3.17. The Morgan fingerprint density at radius 2 is 1.77 bits per heavy atom. The Kier molecular flexibility index (Phi) is 10.5. The first-order valence-corrected chi connectivity index (χ1v) is 14.5. The van der Waals surface area contributed by atoms with Crippen molar-refractivity contribution < 1.29 is 32.7 Å². The van der Waals surface area contributed by atoms with Gasteiger partial charge in [-0.1, -0.05) is 29.8 Å². The van der Waals surface area contributed by atoms with Gasteiger partial charge in [0, 0.05) is 11.5 Å². The van der Waals surface area contributed by atoms with E-state index < -0.39 is 30.1 Å². The molecule has 1 aliphatic rings. The monoisotopic (exact) mass is 608 g/mol. The van der Waals surface area contributed by atoms with Crippen LogP contribution in [0.25, 0.3) is 0 Å². The fraction of sp³-hybridized carbons (Fsp3) is 0.406. The molecule has 0 radical (unpaired) electrons. The van der Waals surface area contributed by atoms with Crippen molar-refractivity contribution >= 4 is 30.2 Å². The van der Waals surface area contributed by atoms with Crippen molar-refractivity contribution in [1.29, 1.82) is 5.26 Å². The Labute approximate surface area is 257 Å². The zero-order valence-corrected chi connectivity index (χ0v) is 25.8. The second-order valence-electron chi connectivity index (χ2n) is 11.2. The minimum Gasteiger partial charge on any atom is -0.473 e. The van der Waals surface area contributed by atoms with E-state index in [1.807, 2.05) is 33.8 Å². The van der Waals surface area contributed by atoms with Gasteiger partial charge >= 0.3 is 13.1 Å². The average molecular weight is 609 g/mol. The second-order valence-corrected chi connectivity index (χ2v) is 11.6. The molecule has 2 aromatic carbocycles. The molecule has 1 aliphatic heterocycles. The van der Waals surface area contributed by atoms with Gasteiger partial charge in [0.2, 0.25) is 5.88 Å². The summed E-state index contributed by atoms with van der Waals surface area (Å²) in [5.41, 5.74) is 2.31. The summed E-state index contributed by atoms with van der Waals surface area (Å²) in [6, 6.07) is 15.6. The largest absolute Gasteiger partial charge is 0.497 e. The molecule has 1 fully saturated rings. The lowest BCUT2D eigenvalue weighted by atomic mass is 9.76. The van der Waals surface area contributed by atoms with Gasteiger partial charge in [0.1, 0.15) is 17.6 Å². The number of nitrogens with zero attached hydrogens (tertiary/aromatic N) is 2. The van der Waals surface area contributed by atoms with Gasteiger partial charge < -0.3 is 23.5 Å². The zero-order valence-electron chi connectivity index (χ0n) is 25.0. The van der Waals surface area contributed by atoms with Crippen LogP contribution >= 0.6 is 11.6 Å². The second kappa shape index (κ2) is 13.9. The van der Waals surface area contributed by atoms with Crippen LogP contribution in [-0.2, 0) is 49.6 Å². The highest BCUT2D eigenvalue weighted by Gasteiger charge is 2.52. The van der Waals surface area contributed by atoms with Crippen LogP contribution in [0.1, 0.15) is 62.4 Å². The maximum Gasteiger partial charge on any atom is 0.497 e. The third-order valence-corrected chi connectivity index (χ3v) is 7.85. The SMILES string of the molecule is CCOC(=O)Cc1cc(F)c(B2OC(C)(C)C(C)(C)O2)cc1CCOCc1cc(C#N)ccc1COc1cccc(Cl)n1. The number of nitriles is 1. The number of esters is 1. The van der Waals surface area contributed by atoms with E-state index >= 15 is 4.39 Å². The van der Waals surface area contributed by atoms with E-state index in [4.69, 9.17) is 35.1 Å². The van der Waals surface area contributed by atoms with E-state index in [-0.39, 0.29) is 38.3 Å². The van der Waals surface area contributed by atoms with Gasteiger partial charge in [0.05, 0.1) is 49.1 Å². The molecule has 0 N–H and O–H groups in total. The van der Waals surface area contributed by atoms with Gasteiger partial charge in [0.25, 0.3) is 0 Å². The molecule has 0 saturated carbocycles. The fourth-order valence-corrected chi connectivity index (χ4v) is 4.71. The standard InChI is InChI=1S/C32H35BClFN2O6/c1-6-40-30(38)17-24-16-27(35)26(33-42-31(2,3)32(4,5)43-33)15-22(24)12-13-39-19-25-14-21(18-36)10-11-23(25)20-41-29-9-7-8-28(34)37-29/h7-11,14-16H,6,12-13,17,19-20H2,1-5H3. The molecule has 8 nitrogen and oxygen atoms in total. The highest BCUT2D eigenvalue weighted by Crippen LogP contribution is 2.37. The lowest BCUT2D eigenvalue weighted by Gasteiger charge is -2.32. The molecule has 1 aromatic heterocycles. The molecular weight excluding hydrogens is 574 g/mol. The molecule has 0 spiro atoms. The highest BCUT2D eigenvalue weighted by atomic mass is 35.5. The fourth-order valence-electron chi connectivity index (χ4n) is 4.55. The third kappa shape index (κ3) is 8.12. The molecule has 0 atom stereocenters. The Morgan fingerprint density at radius 3 is 2.44 bits per heavy atom. The summed E-state index contributed by atoms with van der Waals surface area (Å²) in [6.45, 7) is 10.2. The lowest BCUT2D eigenvalue weighted by molar-refractivity contribution is -0.142. The van der Waals surface area contributed by atoms with E-state index in [9.17, 15) is 10.1 Å². The van der Waals surface area contributed by atoms with Crippen molar-refractivity contribution in [2.75, 3.05) is 13.2 Å². The summed E-state index contributed by atoms with van der Waals surface area (Å²) in [5.74, 6) is -0.582. The Bertz CT molecular complexity index is 1490.